The maximum absolute atomic E-state index is 13.8. The van der Waals surface area contributed by atoms with E-state index < -0.39 is 17.8 Å². The molecule has 0 aliphatic heterocycles. The Morgan fingerprint density at radius 2 is 1.77 bits per heavy atom. The summed E-state index contributed by atoms with van der Waals surface area (Å²) in [7, 11) is 2.89. The second-order valence-electron chi connectivity index (χ2n) is 6.37. The number of carbonyl (C=O) groups is 1. The van der Waals surface area contributed by atoms with Crippen molar-refractivity contribution in [3.05, 3.63) is 41.7 Å². The number of aromatic nitrogens is 3. The minimum absolute atomic E-state index is 0.00604. The van der Waals surface area contributed by atoms with Crippen molar-refractivity contribution in [1.29, 1.82) is 0 Å². The van der Waals surface area contributed by atoms with Gasteiger partial charge in [-0.25, -0.2) is 9.50 Å². The molecule has 0 spiro atoms. The highest BCUT2D eigenvalue weighted by molar-refractivity contribution is 6.00. The average molecular weight is 422 g/mol. The van der Waals surface area contributed by atoms with Crippen molar-refractivity contribution in [2.45, 2.75) is 20.0 Å². The summed E-state index contributed by atoms with van der Waals surface area (Å²) in [6.07, 6.45) is -3.58. The molecule has 0 unspecified atom stereocenters. The number of halogens is 3. The maximum Gasteiger partial charge on any atom is 0.433 e. The fraction of sp³-hybridized carbons (Fsp3) is 0.350. The summed E-state index contributed by atoms with van der Waals surface area (Å²) in [5.41, 5.74) is -0.776. The summed E-state index contributed by atoms with van der Waals surface area (Å²) in [5, 5.41) is 3.79. The van der Waals surface area contributed by atoms with Crippen LogP contribution in [0.5, 0.6) is 11.5 Å². The van der Waals surface area contributed by atoms with E-state index in [-0.39, 0.29) is 16.9 Å². The molecule has 0 radical (unpaired) electrons. The molecule has 0 atom stereocenters. The lowest BCUT2D eigenvalue weighted by Crippen LogP contribution is -2.30. The van der Waals surface area contributed by atoms with E-state index >= 15 is 0 Å². The van der Waals surface area contributed by atoms with Crippen molar-refractivity contribution in [3.8, 4) is 22.8 Å². The van der Waals surface area contributed by atoms with E-state index in [0.29, 0.717) is 34.7 Å². The SMILES string of the molecule is CCN(CC)C(=O)c1cnn2c(C(F)(F)F)cc(-c3ccc(OC)c(OC)c3)nc12. The Labute approximate surface area is 171 Å². The van der Waals surface area contributed by atoms with E-state index in [1.165, 1.54) is 25.2 Å². The lowest BCUT2D eigenvalue weighted by atomic mass is 10.1. The number of ether oxygens (including phenoxy) is 2. The van der Waals surface area contributed by atoms with E-state index in [0.717, 1.165) is 12.3 Å². The summed E-state index contributed by atoms with van der Waals surface area (Å²) in [4.78, 5) is 18.6. The van der Waals surface area contributed by atoms with Gasteiger partial charge < -0.3 is 14.4 Å². The van der Waals surface area contributed by atoms with Gasteiger partial charge in [0.1, 0.15) is 5.56 Å². The molecule has 0 bridgehead atoms. The van der Waals surface area contributed by atoms with Crippen LogP contribution < -0.4 is 9.47 Å². The van der Waals surface area contributed by atoms with Gasteiger partial charge in [0, 0.05) is 18.7 Å². The van der Waals surface area contributed by atoms with Crippen LogP contribution in [0, 0.1) is 0 Å². The quantitative estimate of drug-likeness (QED) is 0.603. The number of hydrogen-bond acceptors (Lipinski definition) is 5. The van der Waals surface area contributed by atoms with Crippen molar-refractivity contribution in [2.75, 3.05) is 27.3 Å². The molecule has 0 saturated carbocycles. The highest BCUT2D eigenvalue weighted by Gasteiger charge is 2.36. The van der Waals surface area contributed by atoms with Crippen LogP contribution in [0.4, 0.5) is 13.2 Å². The molecule has 0 N–H and O–H groups in total. The summed E-state index contributed by atoms with van der Waals surface area (Å²) >= 11 is 0. The van der Waals surface area contributed by atoms with Crippen molar-refractivity contribution in [2.24, 2.45) is 0 Å². The standard InChI is InChI=1S/C20H21F3N4O3/c1-5-26(6-2)19(28)13-11-24-27-17(20(21,22)23)10-14(25-18(13)27)12-7-8-15(29-3)16(9-12)30-4/h7-11H,5-6H2,1-4H3. The lowest BCUT2D eigenvalue weighted by molar-refractivity contribution is -0.142. The third-order valence-corrected chi connectivity index (χ3v) is 4.72. The number of nitrogens with zero attached hydrogens (tertiary/aromatic N) is 4. The first kappa shape index (κ1) is 21.4. The fourth-order valence-corrected chi connectivity index (χ4v) is 3.14. The number of hydrogen-bond donors (Lipinski definition) is 0. The predicted molar refractivity (Wildman–Crippen MR) is 104 cm³/mol. The van der Waals surface area contributed by atoms with Crippen molar-refractivity contribution in [3.63, 3.8) is 0 Å². The third kappa shape index (κ3) is 3.77. The molecule has 30 heavy (non-hydrogen) atoms. The molecular weight excluding hydrogens is 401 g/mol. The maximum atomic E-state index is 13.8. The molecule has 2 aromatic heterocycles. The minimum Gasteiger partial charge on any atom is -0.493 e. The molecule has 2 heterocycles. The smallest absolute Gasteiger partial charge is 0.433 e. The van der Waals surface area contributed by atoms with Crippen LogP contribution in [0.25, 0.3) is 16.9 Å². The third-order valence-electron chi connectivity index (χ3n) is 4.72. The van der Waals surface area contributed by atoms with Gasteiger partial charge in [0.2, 0.25) is 0 Å². The van der Waals surface area contributed by atoms with Crippen LogP contribution >= 0.6 is 0 Å². The number of carbonyl (C=O) groups excluding carboxylic acids is 1. The topological polar surface area (TPSA) is 69.0 Å². The number of fused-ring (bicyclic) bond motifs is 1. The Bertz CT molecular complexity index is 1080. The summed E-state index contributed by atoms with van der Waals surface area (Å²) in [5.74, 6) is 0.346. The first-order valence-electron chi connectivity index (χ1n) is 9.22. The molecule has 1 amide bonds. The molecular formula is C20H21F3N4O3. The van der Waals surface area contributed by atoms with Gasteiger partial charge in [-0.15, -0.1) is 0 Å². The van der Waals surface area contributed by atoms with Crippen LogP contribution in [0.15, 0.2) is 30.5 Å². The van der Waals surface area contributed by atoms with Gasteiger partial charge in [0.15, 0.2) is 22.8 Å². The Morgan fingerprint density at radius 1 is 1.10 bits per heavy atom. The van der Waals surface area contributed by atoms with Gasteiger partial charge in [0.05, 0.1) is 26.1 Å². The zero-order chi connectivity index (χ0) is 22.1. The van der Waals surface area contributed by atoms with E-state index in [1.807, 2.05) is 0 Å². The molecule has 1 aromatic carbocycles. The van der Waals surface area contributed by atoms with Gasteiger partial charge in [-0.05, 0) is 38.1 Å². The van der Waals surface area contributed by atoms with Crippen molar-refractivity contribution >= 4 is 11.6 Å². The van der Waals surface area contributed by atoms with Crippen LogP contribution in [0.2, 0.25) is 0 Å². The fourth-order valence-electron chi connectivity index (χ4n) is 3.14. The van der Waals surface area contributed by atoms with E-state index in [2.05, 4.69) is 10.1 Å². The Kier molecular flexibility index (Phi) is 5.86. The second-order valence-corrected chi connectivity index (χ2v) is 6.37. The summed E-state index contributed by atoms with van der Waals surface area (Å²) in [6, 6.07) is 5.57. The first-order chi connectivity index (χ1) is 14.2. The molecule has 3 rings (SSSR count). The van der Waals surface area contributed by atoms with Gasteiger partial charge in [-0.3, -0.25) is 4.79 Å². The summed E-state index contributed by atoms with van der Waals surface area (Å²) in [6.45, 7) is 4.40. The minimum atomic E-state index is -4.70. The number of benzene rings is 1. The molecule has 0 aliphatic rings. The highest BCUT2D eigenvalue weighted by Crippen LogP contribution is 2.35. The van der Waals surface area contributed by atoms with Crippen LogP contribution in [0.1, 0.15) is 29.9 Å². The molecule has 7 nitrogen and oxygen atoms in total. The number of rotatable bonds is 6. The van der Waals surface area contributed by atoms with E-state index in [1.54, 1.807) is 26.0 Å². The van der Waals surface area contributed by atoms with E-state index in [4.69, 9.17) is 9.47 Å². The largest absolute Gasteiger partial charge is 0.493 e. The Hall–Kier alpha value is -3.30. The van der Waals surface area contributed by atoms with Crippen molar-refractivity contribution in [1.82, 2.24) is 19.5 Å². The van der Waals surface area contributed by atoms with Gasteiger partial charge in [0.25, 0.3) is 5.91 Å². The van der Waals surface area contributed by atoms with E-state index in [9.17, 15) is 18.0 Å². The Morgan fingerprint density at radius 3 is 2.33 bits per heavy atom. The van der Waals surface area contributed by atoms with Crippen LogP contribution in [-0.4, -0.2) is 52.7 Å². The lowest BCUT2D eigenvalue weighted by Gasteiger charge is -2.18. The molecule has 0 saturated heterocycles. The predicted octanol–water partition coefficient (Wildman–Crippen LogP) is 3.91. The normalized spacial score (nSPS) is 11.6. The van der Waals surface area contributed by atoms with Crippen LogP contribution in [0.3, 0.4) is 0 Å². The molecule has 0 fully saturated rings. The number of methoxy groups -OCH3 is 2. The zero-order valence-corrected chi connectivity index (χ0v) is 16.9. The van der Waals surface area contributed by atoms with Gasteiger partial charge >= 0.3 is 6.18 Å². The zero-order valence-electron chi connectivity index (χ0n) is 16.9. The second kappa shape index (κ2) is 8.21. The molecule has 10 heteroatoms. The van der Waals surface area contributed by atoms with Gasteiger partial charge in [-0.2, -0.15) is 18.3 Å². The van der Waals surface area contributed by atoms with Gasteiger partial charge in [-0.1, -0.05) is 0 Å². The average Bonchev–Trinajstić information content (AvgIpc) is 3.16. The number of amides is 1. The molecule has 3 aromatic rings. The Balaban J connectivity index is 2.26. The van der Waals surface area contributed by atoms with Crippen molar-refractivity contribution < 1.29 is 27.4 Å². The number of alkyl halides is 3. The molecule has 0 aliphatic carbocycles. The van der Waals surface area contributed by atoms with Crippen LogP contribution in [-0.2, 0) is 6.18 Å². The molecule has 160 valence electrons. The first-order valence-corrected chi connectivity index (χ1v) is 9.22. The monoisotopic (exact) mass is 422 g/mol. The summed E-state index contributed by atoms with van der Waals surface area (Å²) < 4.78 is 52.3. The highest BCUT2D eigenvalue weighted by atomic mass is 19.4.